The minimum absolute atomic E-state index is 0.0612. The van der Waals surface area contributed by atoms with Crippen LogP contribution in [0, 0.1) is 0 Å². The molecule has 15 heavy (non-hydrogen) atoms. The number of rotatable bonds is 3. The monoisotopic (exact) mass is 340 g/mol. The second-order valence-corrected chi connectivity index (χ2v) is 4.82. The number of carbonyl (C=O) groups excluding carboxylic acids is 1. The van der Waals surface area contributed by atoms with Gasteiger partial charge in [-0.1, -0.05) is 44.0 Å². The van der Waals surface area contributed by atoms with Crippen molar-refractivity contribution in [3.63, 3.8) is 0 Å². The molecule has 0 N–H and O–H groups in total. The van der Waals surface area contributed by atoms with Crippen molar-refractivity contribution >= 4 is 37.6 Å². The van der Waals surface area contributed by atoms with Crippen LogP contribution in [0.3, 0.4) is 0 Å². The quantitative estimate of drug-likeness (QED) is 0.744. The minimum Gasteiger partial charge on any atom is -0.298 e. The van der Waals surface area contributed by atoms with Crippen LogP contribution in [0.5, 0.6) is 0 Å². The van der Waals surface area contributed by atoms with Gasteiger partial charge in [0, 0.05) is 10.0 Å². The maximum atomic E-state index is 12.3. The lowest BCUT2D eigenvalue weighted by Gasteiger charge is -2.10. The van der Waals surface area contributed by atoms with E-state index in [-0.39, 0.29) is 11.3 Å². The van der Waals surface area contributed by atoms with E-state index < -0.39 is 11.3 Å². The summed E-state index contributed by atoms with van der Waals surface area (Å²) in [5, 5.41) is 0. The average molecular weight is 342 g/mol. The van der Waals surface area contributed by atoms with Crippen molar-refractivity contribution in [3.05, 3.63) is 33.8 Å². The highest BCUT2D eigenvalue weighted by molar-refractivity contribution is 9.11. The predicted molar refractivity (Wildman–Crippen MR) is 61.4 cm³/mol. The molecular formula is C10H8Br2F2O. The van der Waals surface area contributed by atoms with E-state index in [1.807, 2.05) is 0 Å². The Balaban J connectivity index is 3.08. The Labute approximate surface area is 103 Å². The number of carbonyl (C=O) groups is 1. The predicted octanol–water partition coefficient (Wildman–Crippen LogP) is 4.41. The fraction of sp³-hybridized carbons (Fsp3) is 0.300. The van der Waals surface area contributed by atoms with E-state index >= 15 is 0 Å². The molecule has 1 rings (SSSR count). The molecule has 0 bridgehead atoms. The number of hydrogen-bond acceptors (Lipinski definition) is 1. The van der Waals surface area contributed by atoms with Crippen LogP contribution in [0.15, 0.2) is 22.7 Å². The van der Waals surface area contributed by atoms with Crippen molar-refractivity contribution < 1.29 is 13.6 Å². The highest BCUT2D eigenvalue weighted by atomic mass is 79.9. The summed E-state index contributed by atoms with van der Waals surface area (Å²) in [4.78, 5) is 10.6. The molecule has 0 aliphatic carbocycles. The number of ketones is 1. The van der Waals surface area contributed by atoms with Crippen molar-refractivity contribution in [3.8, 4) is 0 Å². The van der Waals surface area contributed by atoms with E-state index in [0.29, 0.717) is 10.0 Å². The fourth-order valence-electron chi connectivity index (χ4n) is 1.10. The summed E-state index contributed by atoms with van der Waals surface area (Å²) in [6.45, 7) is 1.44. The van der Waals surface area contributed by atoms with Crippen molar-refractivity contribution in [2.45, 2.75) is 18.2 Å². The zero-order valence-corrected chi connectivity index (χ0v) is 11.0. The molecule has 82 valence electrons. The summed E-state index contributed by atoms with van der Waals surface area (Å²) in [6, 6.07) is 4.17. The molecule has 0 spiro atoms. The van der Waals surface area contributed by atoms with E-state index in [0.717, 1.165) is 0 Å². The van der Waals surface area contributed by atoms with Gasteiger partial charge in [0.15, 0.2) is 0 Å². The van der Waals surface area contributed by atoms with E-state index in [1.165, 1.54) is 25.1 Å². The summed E-state index contributed by atoms with van der Waals surface area (Å²) < 4.78 is 25.2. The molecule has 1 unspecified atom stereocenters. The summed E-state index contributed by atoms with van der Waals surface area (Å²) >= 11 is 6.36. The van der Waals surface area contributed by atoms with Gasteiger partial charge in [0.05, 0.1) is 4.83 Å². The Morgan fingerprint density at radius 2 is 2.00 bits per heavy atom. The van der Waals surface area contributed by atoms with Crippen molar-refractivity contribution in [1.82, 2.24) is 0 Å². The zero-order valence-electron chi connectivity index (χ0n) is 7.81. The van der Waals surface area contributed by atoms with Crippen molar-refractivity contribution in [2.24, 2.45) is 0 Å². The Hall–Kier alpha value is -0.290. The summed E-state index contributed by atoms with van der Waals surface area (Å²) in [5.74, 6) is -0.0690. The van der Waals surface area contributed by atoms with Gasteiger partial charge in [-0.2, -0.15) is 0 Å². The summed E-state index contributed by atoms with van der Waals surface area (Å²) in [7, 11) is 0. The van der Waals surface area contributed by atoms with Crippen LogP contribution in [0.4, 0.5) is 8.78 Å². The van der Waals surface area contributed by atoms with Gasteiger partial charge in [0.25, 0.3) is 6.43 Å². The Morgan fingerprint density at radius 1 is 1.40 bits per heavy atom. The van der Waals surface area contributed by atoms with Crippen LogP contribution in [0.1, 0.15) is 29.3 Å². The van der Waals surface area contributed by atoms with Crippen LogP contribution in [0.25, 0.3) is 0 Å². The first-order chi connectivity index (χ1) is 6.93. The third-order valence-electron chi connectivity index (χ3n) is 1.91. The lowest BCUT2D eigenvalue weighted by Crippen LogP contribution is -2.02. The Morgan fingerprint density at radius 3 is 2.40 bits per heavy atom. The SMILES string of the molecule is CC(=O)C(Br)c1ccc(C(F)F)cc1Br. The number of hydrogen-bond donors (Lipinski definition) is 0. The van der Waals surface area contributed by atoms with Crippen LogP contribution >= 0.6 is 31.9 Å². The average Bonchev–Trinajstić information content (AvgIpc) is 2.16. The molecule has 0 saturated carbocycles. The van der Waals surface area contributed by atoms with Gasteiger partial charge in [-0.15, -0.1) is 0 Å². The molecule has 1 aromatic carbocycles. The topological polar surface area (TPSA) is 17.1 Å². The van der Waals surface area contributed by atoms with E-state index in [1.54, 1.807) is 0 Å². The number of Topliss-reactive ketones (excluding diaryl/α,β-unsaturated/α-hetero) is 1. The highest BCUT2D eigenvalue weighted by Gasteiger charge is 2.17. The molecule has 0 aliphatic rings. The largest absolute Gasteiger partial charge is 0.298 e. The van der Waals surface area contributed by atoms with Crippen molar-refractivity contribution in [1.29, 1.82) is 0 Å². The number of alkyl halides is 3. The number of benzene rings is 1. The van der Waals surface area contributed by atoms with Crippen molar-refractivity contribution in [2.75, 3.05) is 0 Å². The van der Waals surface area contributed by atoms with Gasteiger partial charge in [-0.05, 0) is 18.6 Å². The normalized spacial score (nSPS) is 12.9. The first-order valence-electron chi connectivity index (χ1n) is 4.15. The fourth-order valence-corrected chi connectivity index (χ4v) is 2.44. The first kappa shape index (κ1) is 12.8. The molecular weight excluding hydrogens is 334 g/mol. The highest BCUT2D eigenvalue weighted by Crippen LogP contribution is 2.33. The maximum Gasteiger partial charge on any atom is 0.263 e. The van der Waals surface area contributed by atoms with Crippen LogP contribution in [0.2, 0.25) is 0 Å². The van der Waals surface area contributed by atoms with Crippen LogP contribution in [-0.2, 0) is 4.79 Å². The smallest absolute Gasteiger partial charge is 0.263 e. The Bertz CT molecular complexity index is 380. The molecule has 0 aromatic heterocycles. The molecule has 1 nitrogen and oxygen atoms in total. The first-order valence-corrected chi connectivity index (χ1v) is 5.86. The molecule has 0 amide bonds. The van der Waals surface area contributed by atoms with Crippen LogP contribution in [-0.4, -0.2) is 5.78 Å². The molecule has 0 aliphatic heterocycles. The standard InChI is InChI=1S/C10H8Br2F2O/c1-5(15)9(12)7-3-2-6(10(13)14)4-8(7)11/h2-4,9-10H,1H3. The van der Waals surface area contributed by atoms with E-state index in [2.05, 4.69) is 31.9 Å². The van der Waals surface area contributed by atoms with Gasteiger partial charge in [0.2, 0.25) is 0 Å². The molecule has 5 heteroatoms. The molecule has 1 atom stereocenters. The zero-order chi connectivity index (χ0) is 11.6. The lowest BCUT2D eigenvalue weighted by molar-refractivity contribution is -0.116. The molecule has 0 saturated heterocycles. The van der Waals surface area contributed by atoms with Gasteiger partial charge in [0.1, 0.15) is 5.78 Å². The van der Waals surface area contributed by atoms with E-state index in [4.69, 9.17) is 0 Å². The third-order valence-corrected chi connectivity index (χ3v) is 3.73. The number of halogens is 4. The summed E-state index contributed by atoms with van der Waals surface area (Å²) in [5.41, 5.74) is 0.598. The Kier molecular flexibility index (Phi) is 4.40. The maximum absolute atomic E-state index is 12.3. The van der Waals surface area contributed by atoms with Gasteiger partial charge >= 0.3 is 0 Å². The third kappa shape index (κ3) is 3.08. The molecule has 0 heterocycles. The second-order valence-electron chi connectivity index (χ2n) is 3.05. The van der Waals surface area contributed by atoms with E-state index in [9.17, 15) is 13.6 Å². The lowest BCUT2D eigenvalue weighted by atomic mass is 10.1. The van der Waals surface area contributed by atoms with Gasteiger partial charge in [-0.25, -0.2) is 8.78 Å². The minimum atomic E-state index is -2.50. The second kappa shape index (κ2) is 5.16. The molecule has 0 radical (unpaired) electrons. The van der Waals surface area contributed by atoms with Crippen LogP contribution < -0.4 is 0 Å². The van der Waals surface area contributed by atoms with Gasteiger partial charge in [-0.3, -0.25) is 4.79 Å². The van der Waals surface area contributed by atoms with Gasteiger partial charge < -0.3 is 0 Å². The summed E-state index contributed by atoms with van der Waals surface area (Å²) in [6.07, 6.45) is -2.50. The molecule has 0 fully saturated rings. The molecule has 1 aromatic rings.